The average molecular weight is 282 g/mol. The van der Waals surface area contributed by atoms with E-state index in [2.05, 4.69) is 5.32 Å². The highest BCUT2D eigenvalue weighted by atomic mass is 32.1. The number of carbonyl (C=O) groups is 1. The third-order valence-corrected chi connectivity index (χ3v) is 4.40. The molecule has 4 nitrogen and oxygen atoms in total. The number of aryl methyl sites for hydroxylation is 1. The highest BCUT2D eigenvalue weighted by Crippen LogP contribution is 2.17. The number of carbonyl (C=O) groups excluding carboxylic acids is 1. The molecular weight excluding hydrogens is 260 g/mol. The topological polar surface area (TPSA) is 41.6 Å². The van der Waals surface area contributed by atoms with Crippen molar-refractivity contribution < 1.29 is 9.53 Å². The zero-order chi connectivity index (χ0) is 13.7. The summed E-state index contributed by atoms with van der Waals surface area (Å²) in [5.74, 6) is 0.129. The molecule has 1 aliphatic heterocycles. The number of methoxy groups -OCH3 is 1. The lowest BCUT2D eigenvalue weighted by atomic mass is 10.1. The van der Waals surface area contributed by atoms with E-state index in [4.69, 9.17) is 4.74 Å². The van der Waals surface area contributed by atoms with Crippen LogP contribution >= 0.6 is 11.3 Å². The quantitative estimate of drug-likeness (QED) is 0.866. The molecule has 1 unspecified atom stereocenters. The van der Waals surface area contributed by atoms with E-state index in [1.165, 1.54) is 6.42 Å². The smallest absolute Gasteiger partial charge is 0.255 e. The van der Waals surface area contributed by atoms with Crippen LogP contribution in [-0.4, -0.2) is 50.2 Å². The zero-order valence-corrected chi connectivity index (χ0v) is 12.5. The number of nitrogens with zero attached hydrogens (tertiary/aromatic N) is 1. The fourth-order valence-corrected chi connectivity index (χ4v) is 3.23. The number of hydrogen-bond donors (Lipinski definition) is 1. The second kappa shape index (κ2) is 7.03. The Morgan fingerprint density at radius 1 is 1.58 bits per heavy atom. The van der Waals surface area contributed by atoms with E-state index in [1.807, 2.05) is 22.6 Å². The van der Waals surface area contributed by atoms with Gasteiger partial charge < -0.3 is 15.0 Å². The lowest BCUT2D eigenvalue weighted by Gasteiger charge is -2.25. The lowest BCUT2D eigenvalue weighted by molar-refractivity contribution is 0.0679. The number of rotatable bonds is 6. The maximum Gasteiger partial charge on any atom is 0.255 e. The van der Waals surface area contributed by atoms with E-state index < -0.39 is 0 Å². The molecule has 1 aromatic heterocycles. The molecule has 1 atom stereocenters. The monoisotopic (exact) mass is 282 g/mol. The van der Waals surface area contributed by atoms with E-state index in [0.29, 0.717) is 19.2 Å². The van der Waals surface area contributed by atoms with Crippen molar-refractivity contribution >= 4 is 17.2 Å². The molecule has 2 heterocycles. The molecule has 0 aliphatic carbocycles. The van der Waals surface area contributed by atoms with Gasteiger partial charge in [-0.25, -0.2) is 0 Å². The Bertz CT molecular complexity index is 413. The highest BCUT2D eigenvalue weighted by Gasteiger charge is 2.23. The predicted molar refractivity (Wildman–Crippen MR) is 77.9 cm³/mol. The summed E-state index contributed by atoms with van der Waals surface area (Å²) < 4.78 is 5.12. The van der Waals surface area contributed by atoms with Gasteiger partial charge in [0.1, 0.15) is 0 Å². The first-order valence-corrected chi connectivity index (χ1v) is 7.71. The van der Waals surface area contributed by atoms with Gasteiger partial charge in [0.25, 0.3) is 5.91 Å². The van der Waals surface area contributed by atoms with Gasteiger partial charge in [0.05, 0.1) is 12.2 Å². The number of hydrogen-bond acceptors (Lipinski definition) is 4. The van der Waals surface area contributed by atoms with Crippen molar-refractivity contribution in [1.29, 1.82) is 0 Å². The fourth-order valence-electron chi connectivity index (χ4n) is 2.41. The number of thiophene rings is 1. The SMILES string of the molecule is COCCN(CC1CCCN1)C(=O)c1cscc1C. The normalized spacial score (nSPS) is 18.7. The number of ether oxygens (including phenoxy) is 1. The Morgan fingerprint density at radius 3 is 3.00 bits per heavy atom. The molecule has 0 bridgehead atoms. The van der Waals surface area contributed by atoms with Crippen LogP contribution in [0, 0.1) is 6.92 Å². The van der Waals surface area contributed by atoms with Gasteiger partial charge in [-0.2, -0.15) is 11.3 Å². The van der Waals surface area contributed by atoms with Gasteiger partial charge in [0, 0.05) is 31.6 Å². The molecule has 106 valence electrons. The van der Waals surface area contributed by atoms with E-state index in [1.54, 1.807) is 18.4 Å². The highest BCUT2D eigenvalue weighted by molar-refractivity contribution is 7.08. The van der Waals surface area contributed by atoms with Crippen molar-refractivity contribution in [2.24, 2.45) is 0 Å². The van der Waals surface area contributed by atoms with E-state index in [0.717, 1.165) is 30.6 Å². The van der Waals surface area contributed by atoms with Crippen molar-refractivity contribution in [3.63, 3.8) is 0 Å². The fraction of sp³-hybridized carbons (Fsp3) is 0.643. The molecule has 2 rings (SSSR count). The summed E-state index contributed by atoms with van der Waals surface area (Å²) in [5, 5.41) is 7.41. The summed E-state index contributed by atoms with van der Waals surface area (Å²) in [6, 6.07) is 0.430. The van der Waals surface area contributed by atoms with Gasteiger partial charge >= 0.3 is 0 Å². The van der Waals surface area contributed by atoms with Crippen LogP contribution in [0.4, 0.5) is 0 Å². The average Bonchev–Trinajstić information content (AvgIpc) is 3.05. The Kier molecular flexibility index (Phi) is 5.36. The molecule has 1 amide bonds. The summed E-state index contributed by atoms with van der Waals surface area (Å²) in [7, 11) is 1.67. The van der Waals surface area contributed by atoms with Crippen molar-refractivity contribution in [3.05, 3.63) is 21.9 Å². The molecule has 0 saturated carbocycles. The maximum absolute atomic E-state index is 12.6. The van der Waals surface area contributed by atoms with Crippen molar-refractivity contribution in [2.75, 3.05) is 33.4 Å². The first-order valence-electron chi connectivity index (χ1n) is 6.76. The molecule has 0 aromatic carbocycles. The third kappa shape index (κ3) is 3.78. The minimum absolute atomic E-state index is 0.129. The van der Waals surface area contributed by atoms with Crippen LogP contribution in [0.1, 0.15) is 28.8 Å². The standard InChI is InChI=1S/C14H22N2O2S/c1-11-9-19-10-13(11)14(17)16(6-7-18-2)8-12-4-3-5-15-12/h9-10,12,15H,3-8H2,1-2H3. The molecule has 1 fully saturated rings. The van der Waals surface area contributed by atoms with Crippen LogP contribution in [0.3, 0.4) is 0 Å². The molecule has 1 N–H and O–H groups in total. The summed E-state index contributed by atoms with van der Waals surface area (Å²) in [6.07, 6.45) is 2.35. The van der Waals surface area contributed by atoms with Crippen LogP contribution < -0.4 is 5.32 Å². The van der Waals surface area contributed by atoms with Crippen LogP contribution in [0.25, 0.3) is 0 Å². The van der Waals surface area contributed by atoms with Crippen LogP contribution in [0.2, 0.25) is 0 Å². The second-order valence-corrected chi connectivity index (χ2v) is 5.75. The molecule has 19 heavy (non-hydrogen) atoms. The van der Waals surface area contributed by atoms with Crippen molar-refractivity contribution in [3.8, 4) is 0 Å². The summed E-state index contributed by atoms with van der Waals surface area (Å²) in [5.41, 5.74) is 1.90. The van der Waals surface area contributed by atoms with Crippen LogP contribution in [-0.2, 0) is 4.74 Å². The van der Waals surface area contributed by atoms with Gasteiger partial charge in [0.2, 0.25) is 0 Å². The first kappa shape index (κ1) is 14.5. The molecule has 0 radical (unpaired) electrons. The largest absolute Gasteiger partial charge is 0.383 e. The maximum atomic E-state index is 12.6. The molecule has 1 aromatic rings. The van der Waals surface area contributed by atoms with Gasteiger partial charge in [0.15, 0.2) is 0 Å². The summed E-state index contributed by atoms with van der Waals surface area (Å²) >= 11 is 1.58. The van der Waals surface area contributed by atoms with E-state index in [-0.39, 0.29) is 5.91 Å². The minimum Gasteiger partial charge on any atom is -0.383 e. The van der Waals surface area contributed by atoms with Crippen LogP contribution in [0.15, 0.2) is 10.8 Å². The number of nitrogens with one attached hydrogen (secondary N) is 1. The summed E-state index contributed by atoms with van der Waals surface area (Å²) in [6.45, 7) is 5.07. The van der Waals surface area contributed by atoms with Crippen LogP contribution in [0.5, 0.6) is 0 Å². The number of amides is 1. The van der Waals surface area contributed by atoms with E-state index in [9.17, 15) is 4.79 Å². The van der Waals surface area contributed by atoms with Crippen molar-refractivity contribution in [1.82, 2.24) is 10.2 Å². The van der Waals surface area contributed by atoms with Gasteiger partial charge in [-0.15, -0.1) is 0 Å². The Morgan fingerprint density at radius 2 is 2.42 bits per heavy atom. The summed E-state index contributed by atoms with van der Waals surface area (Å²) in [4.78, 5) is 14.5. The molecule has 1 saturated heterocycles. The second-order valence-electron chi connectivity index (χ2n) is 5.01. The third-order valence-electron chi connectivity index (χ3n) is 3.54. The lowest BCUT2D eigenvalue weighted by Crippen LogP contribution is -2.42. The predicted octanol–water partition coefficient (Wildman–Crippen LogP) is 1.90. The Hall–Kier alpha value is -0.910. The molecule has 1 aliphatic rings. The minimum atomic E-state index is 0.129. The first-order chi connectivity index (χ1) is 9.22. The van der Waals surface area contributed by atoms with Gasteiger partial charge in [-0.1, -0.05) is 0 Å². The zero-order valence-electron chi connectivity index (χ0n) is 11.6. The van der Waals surface area contributed by atoms with Crippen molar-refractivity contribution in [2.45, 2.75) is 25.8 Å². The molecule has 0 spiro atoms. The molecular formula is C14H22N2O2S. The van der Waals surface area contributed by atoms with E-state index >= 15 is 0 Å². The molecule has 5 heteroatoms. The van der Waals surface area contributed by atoms with Gasteiger partial charge in [-0.05, 0) is 37.3 Å². The Balaban J connectivity index is 2.03. The Labute approximate surface area is 118 Å². The van der Waals surface area contributed by atoms with Gasteiger partial charge in [-0.3, -0.25) is 4.79 Å².